The summed E-state index contributed by atoms with van der Waals surface area (Å²) in [5.74, 6) is 0. The van der Waals surface area contributed by atoms with Crippen LogP contribution in [0.25, 0.3) is 0 Å². The number of hydrogen-bond acceptors (Lipinski definition) is 3. The highest BCUT2D eigenvalue weighted by molar-refractivity contribution is 6.30. The Labute approximate surface area is 134 Å². The van der Waals surface area contributed by atoms with Gasteiger partial charge in [0, 0.05) is 6.20 Å². The lowest BCUT2D eigenvalue weighted by atomic mass is 9.96. The molecule has 0 spiro atoms. The van der Waals surface area contributed by atoms with Crippen LogP contribution in [0.3, 0.4) is 0 Å². The summed E-state index contributed by atoms with van der Waals surface area (Å²) in [7, 11) is 0. The van der Waals surface area contributed by atoms with Gasteiger partial charge in [0.25, 0.3) is 0 Å². The Balaban J connectivity index is 1.81. The summed E-state index contributed by atoms with van der Waals surface area (Å²) in [6.07, 6.45) is 1.52. The largest absolute Gasteiger partial charge is 0.384 e. The number of hydrogen-bond donors (Lipinski definition) is 3. The van der Waals surface area contributed by atoms with Gasteiger partial charge >= 0.3 is 6.03 Å². The van der Waals surface area contributed by atoms with E-state index in [0.717, 1.165) is 5.56 Å². The molecule has 0 aliphatic carbocycles. The standard InChI is InChI=1S/C16H18ClN3O2/c1-16(22,12-5-3-2-4-6-12)11-20-15(21)19-10-14-8-7-13(17)9-18-14/h2-9,22H,10-11H2,1H3,(H2,19,20,21). The van der Waals surface area contributed by atoms with E-state index in [1.807, 2.05) is 30.3 Å². The first-order chi connectivity index (χ1) is 10.5. The van der Waals surface area contributed by atoms with Crippen LogP contribution in [0.1, 0.15) is 18.2 Å². The van der Waals surface area contributed by atoms with Crippen LogP contribution >= 0.6 is 11.6 Å². The molecule has 116 valence electrons. The second-order valence-electron chi connectivity index (χ2n) is 5.14. The number of amides is 2. The second kappa shape index (κ2) is 7.24. The summed E-state index contributed by atoms with van der Waals surface area (Å²) in [6, 6.07) is 12.3. The van der Waals surface area contributed by atoms with Crippen molar-refractivity contribution in [2.45, 2.75) is 19.1 Å². The Bertz CT molecular complexity index is 615. The minimum atomic E-state index is -1.13. The zero-order valence-electron chi connectivity index (χ0n) is 12.2. The lowest BCUT2D eigenvalue weighted by molar-refractivity contribution is 0.0594. The number of carbonyl (C=O) groups is 1. The molecule has 0 radical (unpaired) electrons. The number of rotatable bonds is 5. The fraction of sp³-hybridized carbons (Fsp3) is 0.250. The highest BCUT2D eigenvalue weighted by Crippen LogP contribution is 2.18. The lowest BCUT2D eigenvalue weighted by Gasteiger charge is -2.24. The van der Waals surface area contributed by atoms with E-state index in [1.54, 1.807) is 19.1 Å². The van der Waals surface area contributed by atoms with Crippen molar-refractivity contribution < 1.29 is 9.90 Å². The number of aliphatic hydroxyl groups is 1. The van der Waals surface area contributed by atoms with Gasteiger partial charge in [0.15, 0.2) is 0 Å². The van der Waals surface area contributed by atoms with Gasteiger partial charge in [0.2, 0.25) is 0 Å². The molecule has 2 rings (SSSR count). The highest BCUT2D eigenvalue weighted by atomic mass is 35.5. The van der Waals surface area contributed by atoms with Gasteiger partial charge in [-0.25, -0.2) is 4.79 Å². The maximum atomic E-state index is 11.8. The Hall–Kier alpha value is -2.11. The summed E-state index contributed by atoms with van der Waals surface area (Å²) in [4.78, 5) is 15.9. The zero-order chi connectivity index (χ0) is 16.0. The van der Waals surface area contributed by atoms with Gasteiger partial charge in [-0.05, 0) is 24.6 Å². The molecule has 3 N–H and O–H groups in total. The first kappa shape index (κ1) is 16.3. The van der Waals surface area contributed by atoms with E-state index in [2.05, 4.69) is 15.6 Å². The molecule has 0 aliphatic rings. The summed E-state index contributed by atoms with van der Waals surface area (Å²) >= 11 is 5.74. The normalized spacial score (nSPS) is 13.2. The predicted molar refractivity (Wildman–Crippen MR) is 85.5 cm³/mol. The van der Waals surface area contributed by atoms with E-state index >= 15 is 0 Å². The number of benzene rings is 1. The molecular formula is C16H18ClN3O2. The Morgan fingerprint density at radius 2 is 1.95 bits per heavy atom. The molecule has 22 heavy (non-hydrogen) atoms. The van der Waals surface area contributed by atoms with Crippen molar-refractivity contribution in [2.24, 2.45) is 0 Å². The van der Waals surface area contributed by atoms with Crippen molar-refractivity contribution in [3.63, 3.8) is 0 Å². The number of urea groups is 1. The minimum Gasteiger partial charge on any atom is -0.384 e. The third-order valence-electron chi connectivity index (χ3n) is 3.21. The highest BCUT2D eigenvalue weighted by Gasteiger charge is 2.23. The number of nitrogens with zero attached hydrogens (tertiary/aromatic N) is 1. The van der Waals surface area contributed by atoms with E-state index in [1.165, 1.54) is 6.20 Å². The van der Waals surface area contributed by atoms with Crippen molar-refractivity contribution in [1.82, 2.24) is 15.6 Å². The summed E-state index contributed by atoms with van der Waals surface area (Å²) in [5.41, 5.74) is 0.320. The van der Waals surface area contributed by atoms with Crippen molar-refractivity contribution in [3.05, 3.63) is 64.9 Å². The molecule has 0 saturated carbocycles. The van der Waals surface area contributed by atoms with Crippen LogP contribution in [0.2, 0.25) is 5.02 Å². The summed E-state index contributed by atoms with van der Waals surface area (Å²) < 4.78 is 0. The van der Waals surface area contributed by atoms with Gasteiger partial charge in [-0.2, -0.15) is 0 Å². The molecule has 2 aromatic rings. The molecule has 1 atom stereocenters. The lowest BCUT2D eigenvalue weighted by Crippen LogP contribution is -2.43. The molecule has 1 aromatic carbocycles. The van der Waals surface area contributed by atoms with Crippen molar-refractivity contribution >= 4 is 17.6 Å². The van der Waals surface area contributed by atoms with Gasteiger partial charge in [-0.1, -0.05) is 41.9 Å². The van der Waals surface area contributed by atoms with Gasteiger partial charge in [-0.3, -0.25) is 4.98 Å². The van der Waals surface area contributed by atoms with Crippen LogP contribution in [-0.2, 0) is 12.1 Å². The molecule has 2 amide bonds. The number of aromatic nitrogens is 1. The number of carbonyl (C=O) groups excluding carboxylic acids is 1. The van der Waals surface area contributed by atoms with Gasteiger partial charge in [-0.15, -0.1) is 0 Å². The average Bonchev–Trinajstić information content (AvgIpc) is 2.53. The monoisotopic (exact) mass is 319 g/mol. The van der Waals surface area contributed by atoms with Gasteiger partial charge in [0.1, 0.15) is 5.60 Å². The Morgan fingerprint density at radius 3 is 2.59 bits per heavy atom. The van der Waals surface area contributed by atoms with E-state index in [0.29, 0.717) is 10.7 Å². The van der Waals surface area contributed by atoms with Crippen LogP contribution in [0, 0.1) is 0 Å². The number of pyridine rings is 1. The Kier molecular flexibility index (Phi) is 5.35. The molecule has 5 nitrogen and oxygen atoms in total. The van der Waals surface area contributed by atoms with E-state index in [9.17, 15) is 9.90 Å². The van der Waals surface area contributed by atoms with E-state index in [-0.39, 0.29) is 19.1 Å². The van der Waals surface area contributed by atoms with Crippen molar-refractivity contribution in [2.75, 3.05) is 6.54 Å². The first-order valence-corrected chi connectivity index (χ1v) is 7.25. The molecule has 1 unspecified atom stereocenters. The fourth-order valence-corrected chi connectivity index (χ4v) is 2.01. The molecule has 6 heteroatoms. The van der Waals surface area contributed by atoms with Crippen LogP contribution in [-0.4, -0.2) is 22.7 Å². The molecule has 0 bridgehead atoms. The number of halogens is 1. The topological polar surface area (TPSA) is 74.2 Å². The fourth-order valence-electron chi connectivity index (χ4n) is 1.90. The summed E-state index contributed by atoms with van der Waals surface area (Å²) in [6.45, 7) is 2.05. The molecule has 0 fully saturated rings. The molecule has 0 saturated heterocycles. The van der Waals surface area contributed by atoms with E-state index < -0.39 is 5.60 Å². The quantitative estimate of drug-likeness (QED) is 0.792. The maximum Gasteiger partial charge on any atom is 0.315 e. The first-order valence-electron chi connectivity index (χ1n) is 6.87. The third-order valence-corrected chi connectivity index (χ3v) is 3.43. The van der Waals surface area contributed by atoms with E-state index in [4.69, 9.17) is 11.6 Å². The molecule has 1 heterocycles. The predicted octanol–water partition coefficient (Wildman–Crippen LogP) is 2.44. The minimum absolute atomic E-state index is 0.108. The molecule has 0 aliphatic heterocycles. The SMILES string of the molecule is CC(O)(CNC(=O)NCc1ccc(Cl)cn1)c1ccccc1. The number of nitrogens with one attached hydrogen (secondary N) is 2. The van der Waals surface area contributed by atoms with Crippen LogP contribution in [0.4, 0.5) is 4.79 Å². The van der Waals surface area contributed by atoms with Gasteiger partial charge < -0.3 is 15.7 Å². The van der Waals surface area contributed by atoms with Crippen molar-refractivity contribution in [1.29, 1.82) is 0 Å². The zero-order valence-corrected chi connectivity index (χ0v) is 13.0. The van der Waals surface area contributed by atoms with Crippen LogP contribution in [0.15, 0.2) is 48.7 Å². The molecular weight excluding hydrogens is 302 g/mol. The second-order valence-corrected chi connectivity index (χ2v) is 5.58. The van der Waals surface area contributed by atoms with Crippen LogP contribution in [0.5, 0.6) is 0 Å². The van der Waals surface area contributed by atoms with Crippen molar-refractivity contribution in [3.8, 4) is 0 Å². The maximum absolute atomic E-state index is 11.8. The average molecular weight is 320 g/mol. The van der Waals surface area contributed by atoms with Crippen LogP contribution < -0.4 is 10.6 Å². The smallest absolute Gasteiger partial charge is 0.315 e. The third kappa shape index (κ3) is 4.72. The molecule has 1 aromatic heterocycles. The summed E-state index contributed by atoms with van der Waals surface area (Å²) in [5, 5.41) is 16.3. The van der Waals surface area contributed by atoms with Gasteiger partial charge in [0.05, 0.1) is 23.8 Å². The Morgan fingerprint density at radius 1 is 1.23 bits per heavy atom.